The molecule has 0 spiro atoms. The number of halogens is 2. The van der Waals surface area contributed by atoms with E-state index in [-0.39, 0.29) is 11.6 Å². The van der Waals surface area contributed by atoms with Gasteiger partial charge < -0.3 is 10.1 Å². The molecule has 0 bridgehead atoms. The molecule has 0 aromatic carbocycles. The highest BCUT2D eigenvalue weighted by atomic mass is 35.5. The maximum absolute atomic E-state index is 5.97. The highest BCUT2D eigenvalue weighted by Crippen LogP contribution is 2.21. The van der Waals surface area contributed by atoms with Gasteiger partial charge in [0.2, 0.25) is 5.88 Å². The van der Waals surface area contributed by atoms with Crippen LogP contribution in [0.4, 0.5) is 5.82 Å². The lowest BCUT2D eigenvalue weighted by molar-refractivity contribution is 0.232. The van der Waals surface area contributed by atoms with E-state index in [1.165, 1.54) is 0 Å². The van der Waals surface area contributed by atoms with E-state index >= 15 is 0 Å². The zero-order chi connectivity index (χ0) is 13.6. The van der Waals surface area contributed by atoms with Crippen molar-refractivity contribution in [3.05, 3.63) is 12.4 Å². The number of hydrogen-bond donors (Lipinski definition) is 1. The molecule has 0 amide bonds. The van der Waals surface area contributed by atoms with E-state index < -0.39 is 0 Å². The number of nitrogens with one attached hydrogen (secondary N) is 1. The van der Waals surface area contributed by atoms with Crippen molar-refractivity contribution in [2.24, 2.45) is 0 Å². The highest BCUT2D eigenvalue weighted by Gasteiger charge is 2.26. The summed E-state index contributed by atoms with van der Waals surface area (Å²) >= 11 is 11.9. The van der Waals surface area contributed by atoms with E-state index in [2.05, 4.69) is 15.3 Å². The molecule has 1 aromatic heterocycles. The third-order valence-corrected chi connectivity index (χ3v) is 3.57. The van der Waals surface area contributed by atoms with Gasteiger partial charge in [0.15, 0.2) is 0 Å². The Hall–Kier alpha value is -0.740. The summed E-state index contributed by atoms with van der Waals surface area (Å²) in [6, 6.07) is 0. The fraction of sp³-hybridized carbons (Fsp3) is 0.667. The first-order valence-corrected chi connectivity index (χ1v) is 7.01. The second-order valence-corrected chi connectivity index (χ2v) is 4.97. The number of aromatic nitrogens is 2. The molecule has 0 unspecified atom stereocenters. The van der Waals surface area contributed by atoms with E-state index in [1.807, 2.05) is 20.8 Å². The Bertz CT molecular complexity index is 362. The molecule has 1 heterocycles. The van der Waals surface area contributed by atoms with Crippen LogP contribution >= 0.6 is 23.2 Å². The fourth-order valence-electron chi connectivity index (χ4n) is 1.36. The maximum Gasteiger partial charge on any atom is 0.234 e. The normalized spacial score (nSPS) is 11.7. The van der Waals surface area contributed by atoms with Crippen molar-refractivity contribution in [3.63, 3.8) is 0 Å². The third-order valence-electron chi connectivity index (χ3n) is 2.55. The van der Waals surface area contributed by atoms with Crippen LogP contribution in [0.25, 0.3) is 0 Å². The van der Waals surface area contributed by atoms with Gasteiger partial charge in [-0.15, -0.1) is 23.2 Å². The van der Waals surface area contributed by atoms with Crippen LogP contribution in [0.1, 0.15) is 27.2 Å². The van der Waals surface area contributed by atoms with Crippen LogP contribution in [0.5, 0.6) is 5.88 Å². The first-order valence-electron chi connectivity index (χ1n) is 5.94. The average molecular weight is 292 g/mol. The van der Waals surface area contributed by atoms with Crippen LogP contribution in [-0.4, -0.2) is 33.4 Å². The van der Waals surface area contributed by atoms with Crippen molar-refractivity contribution in [2.45, 2.75) is 38.8 Å². The van der Waals surface area contributed by atoms with Crippen LogP contribution in [0.2, 0.25) is 0 Å². The van der Waals surface area contributed by atoms with Crippen LogP contribution in [0.15, 0.2) is 12.4 Å². The minimum atomic E-state index is -0.367. The Balaban J connectivity index is 2.83. The summed E-state index contributed by atoms with van der Waals surface area (Å²) in [6.45, 7) is 5.91. The van der Waals surface area contributed by atoms with Gasteiger partial charge in [-0.1, -0.05) is 6.92 Å². The second-order valence-electron chi connectivity index (χ2n) is 4.44. The summed E-state index contributed by atoms with van der Waals surface area (Å²) in [7, 11) is 0. The van der Waals surface area contributed by atoms with Gasteiger partial charge in [-0.25, -0.2) is 0 Å². The number of hydrogen-bond acceptors (Lipinski definition) is 4. The van der Waals surface area contributed by atoms with Crippen molar-refractivity contribution in [1.82, 2.24) is 9.97 Å². The first kappa shape index (κ1) is 15.3. The summed E-state index contributed by atoms with van der Waals surface area (Å²) in [5, 5.41) is 3.24. The molecule has 18 heavy (non-hydrogen) atoms. The molecule has 0 saturated heterocycles. The summed E-state index contributed by atoms with van der Waals surface area (Å²) in [5.41, 5.74) is -0.367. The minimum Gasteiger partial charge on any atom is -0.474 e. The van der Waals surface area contributed by atoms with Crippen molar-refractivity contribution >= 4 is 29.0 Å². The Morgan fingerprint density at radius 3 is 2.50 bits per heavy atom. The fourth-order valence-corrected chi connectivity index (χ4v) is 2.16. The van der Waals surface area contributed by atoms with Gasteiger partial charge in [-0.05, 0) is 20.3 Å². The lowest BCUT2D eigenvalue weighted by Gasteiger charge is -2.30. The van der Waals surface area contributed by atoms with Crippen molar-refractivity contribution in [3.8, 4) is 5.88 Å². The predicted octanol–water partition coefficient (Wildman–Crippen LogP) is 3.30. The largest absolute Gasteiger partial charge is 0.474 e. The molecule has 1 aromatic rings. The van der Waals surface area contributed by atoms with Gasteiger partial charge in [0, 0.05) is 11.8 Å². The van der Waals surface area contributed by atoms with Crippen LogP contribution in [0, 0.1) is 0 Å². The molecular formula is C12H19Cl2N3O. The Labute approximate surface area is 118 Å². The maximum atomic E-state index is 5.97. The van der Waals surface area contributed by atoms with E-state index in [0.717, 1.165) is 6.42 Å². The highest BCUT2D eigenvalue weighted by molar-refractivity contribution is 6.22. The summed E-state index contributed by atoms with van der Waals surface area (Å²) in [4.78, 5) is 8.42. The van der Waals surface area contributed by atoms with Crippen molar-refractivity contribution < 1.29 is 4.74 Å². The van der Waals surface area contributed by atoms with Gasteiger partial charge in [0.1, 0.15) is 5.82 Å². The molecule has 102 valence electrons. The number of ether oxygens (including phenoxy) is 1. The smallest absolute Gasteiger partial charge is 0.234 e. The molecule has 0 radical (unpaired) electrons. The molecule has 1 N–H and O–H groups in total. The molecule has 4 nitrogen and oxygen atoms in total. The van der Waals surface area contributed by atoms with E-state index in [9.17, 15) is 0 Å². The lowest BCUT2D eigenvalue weighted by Crippen LogP contribution is -2.42. The summed E-state index contributed by atoms with van der Waals surface area (Å²) in [6.07, 6.45) is 4.08. The van der Waals surface area contributed by atoms with E-state index in [0.29, 0.717) is 23.5 Å². The van der Waals surface area contributed by atoms with Crippen molar-refractivity contribution in [2.75, 3.05) is 17.1 Å². The molecule has 1 rings (SSSR count). The number of nitrogens with zero attached hydrogens (tertiary/aromatic N) is 2. The average Bonchev–Trinajstić information content (AvgIpc) is 2.36. The molecule has 0 aliphatic rings. The summed E-state index contributed by atoms with van der Waals surface area (Å²) < 4.78 is 5.49. The Morgan fingerprint density at radius 1 is 1.33 bits per heavy atom. The summed E-state index contributed by atoms with van der Waals surface area (Å²) in [5.74, 6) is 1.92. The third kappa shape index (κ3) is 4.18. The van der Waals surface area contributed by atoms with Crippen molar-refractivity contribution in [1.29, 1.82) is 0 Å². The number of rotatable bonds is 7. The number of alkyl halides is 2. The van der Waals surface area contributed by atoms with Gasteiger partial charge in [0.05, 0.1) is 24.0 Å². The SMILES string of the molecule is CCC(CCl)(CCl)Nc1cncc(OC(C)C)n1. The zero-order valence-electron chi connectivity index (χ0n) is 10.9. The van der Waals surface area contributed by atoms with E-state index in [4.69, 9.17) is 27.9 Å². The molecule has 0 saturated carbocycles. The molecule has 0 atom stereocenters. The quantitative estimate of drug-likeness (QED) is 0.783. The molecular weight excluding hydrogens is 273 g/mol. The molecule has 0 fully saturated rings. The van der Waals surface area contributed by atoms with E-state index in [1.54, 1.807) is 12.4 Å². The van der Waals surface area contributed by atoms with Gasteiger partial charge in [0.25, 0.3) is 0 Å². The van der Waals surface area contributed by atoms with Gasteiger partial charge in [-0.2, -0.15) is 4.98 Å². The topological polar surface area (TPSA) is 47.0 Å². The first-order chi connectivity index (χ1) is 8.55. The molecule has 6 heteroatoms. The second kappa shape index (κ2) is 7.00. The van der Waals surface area contributed by atoms with Crippen LogP contribution < -0.4 is 10.1 Å². The van der Waals surface area contributed by atoms with Crippen LogP contribution in [-0.2, 0) is 0 Å². The predicted molar refractivity (Wildman–Crippen MR) is 75.9 cm³/mol. The van der Waals surface area contributed by atoms with Gasteiger partial charge >= 0.3 is 0 Å². The monoisotopic (exact) mass is 291 g/mol. The lowest BCUT2D eigenvalue weighted by atomic mass is 10.0. The Kier molecular flexibility index (Phi) is 5.96. The minimum absolute atomic E-state index is 0.0616. The molecule has 0 aliphatic carbocycles. The zero-order valence-corrected chi connectivity index (χ0v) is 12.4. The van der Waals surface area contributed by atoms with Gasteiger partial charge in [-0.3, -0.25) is 4.98 Å². The van der Waals surface area contributed by atoms with Crippen LogP contribution in [0.3, 0.4) is 0 Å². The standard InChI is InChI=1S/C12H19Cl2N3O/c1-4-12(7-13,8-14)17-10-5-15-6-11(16-10)18-9(2)3/h5-6,9H,4,7-8H2,1-3H3,(H,16,17). The Morgan fingerprint density at radius 2 is 2.00 bits per heavy atom. The molecule has 0 aliphatic heterocycles. The number of anilines is 1.